The van der Waals surface area contributed by atoms with Crippen molar-refractivity contribution in [3.05, 3.63) is 82.9 Å². The van der Waals surface area contributed by atoms with Gasteiger partial charge in [0.25, 0.3) is 5.91 Å². The largest absolute Gasteiger partial charge is 0.364 e. The van der Waals surface area contributed by atoms with Crippen LogP contribution in [0.5, 0.6) is 0 Å². The van der Waals surface area contributed by atoms with E-state index in [1.54, 1.807) is 0 Å². The zero-order valence-electron chi connectivity index (χ0n) is 19.8. The van der Waals surface area contributed by atoms with E-state index >= 15 is 0 Å². The van der Waals surface area contributed by atoms with E-state index in [1.165, 1.54) is 35.3 Å². The van der Waals surface area contributed by atoms with E-state index in [9.17, 15) is 14.0 Å². The number of carbonyl (C=O) groups is 2. The number of aryl methyl sites for hydroxylation is 1. The van der Waals surface area contributed by atoms with E-state index in [0.29, 0.717) is 23.6 Å². The average molecular weight is 509 g/mol. The van der Waals surface area contributed by atoms with Gasteiger partial charge in [-0.05, 0) is 72.7 Å². The predicted octanol–water partition coefficient (Wildman–Crippen LogP) is 4.37. The molecule has 186 valence electrons. The number of nitriles is 1. The minimum Gasteiger partial charge on any atom is -0.364 e. The summed E-state index contributed by atoms with van der Waals surface area (Å²) in [6.07, 6.45) is 4.62. The van der Waals surface area contributed by atoms with Crippen molar-refractivity contribution in [3.63, 3.8) is 0 Å². The molecule has 0 aliphatic heterocycles. The summed E-state index contributed by atoms with van der Waals surface area (Å²) in [5.74, 6) is -1.07. The minimum absolute atomic E-state index is 0.0688. The summed E-state index contributed by atoms with van der Waals surface area (Å²) < 4.78 is 12.6. The van der Waals surface area contributed by atoms with Crippen LogP contribution in [0.4, 0.5) is 4.39 Å². The molecule has 1 heterocycles. The SMILES string of the molecule is C=C(CC)c1ccc(CCC(=O)NC2(C#N)CC2)cc1Cl.NC(=O)c1cnn(-c2ccc(F)cc2)n1. The number of aromatic nitrogens is 3. The molecule has 10 heteroatoms. The lowest BCUT2D eigenvalue weighted by atomic mass is 10.0. The normalized spacial score (nSPS) is 13.1. The van der Waals surface area contributed by atoms with Gasteiger partial charge in [-0.1, -0.05) is 37.2 Å². The first-order valence-corrected chi connectivity index (χ1v) is 11.7. The molecule has 8 nitrogen and oxygen atoms in total. The van der Waals surface area contributed by atoms with Crippen molar-refractivity contribution in [3.8, 4) is 11.8 Å². The molecule has 0 radical (unpaired) electrons. The Morgan fingerprint density at radius 2 is 1.97 bits per heavy atom. The van der Waals surface area contributed by atoms with Crippen molar-refractivity contribution in [1.29, 1.82) is 5.26 Å². The van der Waals surface area contributed by atoms with Crippen LogP contribution in [0.15, 0.2) is 55.2 Å². The van der Waals surface area contributed by atoms with Crippen LogP contribution >= 0.6 is 11.6 Å². The van der Waals surface area contributed by atoms with Gasteiger partial charge in [-0.2, -0.15) is 15.2 Å². The fourth-order valence-electron chi connectivity index (χ4n) is 3.24. The van der Waals surface area contributed by atoms with Crippen molar-refractivity contribution in [1.82, 2.24) is 20.3 Å². The summed E-state index contributed by atoms with van der Waals surface area (Å²) in [6.45, 7) is 6.03. The third-order valence-electron chi connectivity index (χ3n) is 5.63. The van der Waals surface area contributed by atoms with E-state index < -0.39 is 11.4 Å². The molecule has 3 aromatic rings. The summed E-state index contributed by atoms with van der Waals surface area (Å²) in [4.78, 5) is 23.8. The highest BCUT2D eigenvalue weighted by Gasteiger charge is 2.44. The number of nitrogens with two attached hydrogens (primary N) is 1. The topological polar surface area (TPSA) is 127 Å². The van der Waals surface area contributed by atoms with Gasteiger partial charge in [-0.15, -0.1) is 5.10 Å². The summed E-state index contributed by atoms with van der Waals surface area (Å²) in [7, 11) is 0. The molecule has 2 amide bonds. The highest BCUT2D eigenvalue weighted by molar-refractivity contribution is 6.32. The number of hydrogen-bond donors (Lipinski definition) is 2. The number of benzene rings is 2. The van der Waals surface area contributed by atoms with Gasteiger partial charge in [0.2, 0.25) is 5.91 Å². The number of carbonyl (C=O) groups excluding carboxylic acids is 2. The van der Waals surface area contributed by atoms with Crippen molar-refractivity contribution in [2.75, 3.05) is 0 Å². The Hall–Kier alpha value is -4.03. The number of primary amides is 1. The molecule has 1 fully saturated rings. The molecule has 1 aromatic heterocycles. The molecule has 0 bridgehead atoms. The molecule has 4 rings (SSSR count). The molecule has 3 N–H and O–H groups in total. The first-order valence-electron chi connectivity index (χ1n) is 11.3. The first-order chi connectivity index (χ1) is 17.2. The molecule has 0 spiro atoms. The van der Waals surface area contributed by atoms with Gasteiger partial charge in [0.1, 0.15) is 11.4 Å². The Morgan fingerprint density at radius 3 is 2.50 bits per heavy atom. The number of halogens is 2. The maximum Gasteiger partial charge on any atom is 0.270 e. The zero-order chi connectivity index (χ0) is 26.3. The second-order valence-electron chi connectivity index (χ2n) is 8.37. The number of rotatable bonds is 8. The summed E-state index contributed by atoms with van der Waals surface area (Å²) >= 11 is 6.25. The van der Waals surface area contributed by atoms with E-state index in [-0.39, 0.29) is 17.4 Å². The quantitative estimate of drug-likeness (QED) is 0.467. The molecule has 1 aliphatic carbocycles. The second kappa shape index (κ2) is 11.6. The van der Waals surface area contributed by atoms with Crippen LogP contribution in [-0.4, -0.2) is 32.3 Å². The van der Waals surface area contributed by atoms with E-state index in [4.69, 9.17) is 22.6 Å². The monoisotopic (exact) mass is 508 g/mol. The molecular weight excluding hydrogens is 483 g/mol. The number of amides is 2. The predicted molar refractivity (Wildman–Crippen MR) is 135 cm³/mol. The van der Waals surface area contributed by atoms with Crippen molar-refractivity contribution < 1.29 is 14.0 Å². The third kappa shape index (κ3) is 6.99. The molecular formula is C26H26ClFN6O2. The van der Waals surface area contributed by atoms with Crippen LogP contribution in [0, 0.1) is 17.1 Å². The number of allylic oxidation sites excluding steroid dienone is 1. The standard InChI is InChI=1S/C17H19ClN2O.C9H7FN4O/c1-3-12(2)14-6-4-13(10-15(14)18)5-7-16(21)20-17(11-19)8-9-17;10-6-1-3-7(4-2-6)14-12-5-8(13-14)9(11)15/h4,6,10H,2-3,5,7-9H2,1H3,(H,20,21);1-5H,(H2,11,15). The van der Waals surface area contributed by atoms with Crippen LogP contribution in [0.1, 0.15) is 54.2 Å². The highest BCUT2D eigenvalue weighted by atomic mass is 35.5. The van der Waals surface area contributed by atoms with Gasteiger partial charge in [0.15, 0.2) is 5.69 Å². The lowest BCUT2D eigenvalue weighted by Crippen LogP contribution is -2.35. The van der Waals surface area contributed by atoms with Crippen LogP contribution in [0.2, 0.25) is 5.02 Å². The van der Waals surface area contributed by atoms with Crippen molar-refractivity contribution in [2.24, 2.45) is 5.73 Å². The van der Waals surface area contributed by atoms with Crippen LogP contribution in [0.3, 0.4) is 0 Å². The Kier molecular flexibility index (Phi) is 8.56. The fraction of sp³-hybridized carbons (Fsp3) is 0.269. The second-order valence-corrected chi connectivity index (χ2v) is 8.78. The van der Waals surface area contributed by atoms with E-state index in [0.717, 1.165) is 36.0 Å². The molecule has 2 aromatic carbocycles. The highest BCUT2D eigenvalue weighted by Crippen LogP contribution is 2.34. The summed E-state index contributed by atoms with van der Waals surface area (Å²) in [5.41, 5.74) is 8.05. The lowest BCUT2D eigenvalue weighted by Gasteiger charge is -2.10. The number of nitrogens with one attached hydrogen (secondary N) is 1. The van der Waals surface area contributed by atoms with E-state index in [1.807, 2.05) is 25.1 Å². The fourth-order valence-corrected chi connectivity index (χ4v) is 3.58. The molecule has 0 saturated heterocycles. The Morgan fingerprint density at radius 1 is 1.28 bits per heavy atom. The lowest BCUT2D eigenvalue weighted by molar-refractivity contribution is -0.121. The van der Waals surface area contributed by atoms with Crippen molar-refractivity contribution >= 4 is 29.0 Å². The van der Waals surface area contributed by atoms with Crippen molar-refractivity contribution in [2.45, 2.75) is 44.6 Å². The smallest absolute Gasteiger partial charge is 0.270 e. The first kappa shape index (κ1) is 26.6. The summed E-state index contributed by atoms with van der Waals surface area (Å²) in [5, 5.41) is 20.1. The molecule has 1 aliphatic rings. The van der Waals surface area contributed by atoms with Gasteiger partial charge in [0.05, 0.1) is 18.0 Å². The van der Waals surface area contributed by atoms with Gasteiger partial charge < -0.3 is 11.1 Å². The van der Waals surface area contributed by atoms with E-state index in [2.05, 4.69) is 28.2 Å². The zero-order valence-corrected chi connectivity index (χ0v) is 20.6. The summed E-state index contributed by atoms with van der Waals surface area (Å²) in [6, 6.07) is 13.5. The maximum atomic E-state index is 12.6. The van der Waals surface area contributed by atoms with Gasteiger partial charge in [0, 0.05) is 11.4 Å². The van der Waals surface area contributed by atoms with Gasteiger partial charge >= 0.3 is 0 Å². The molecule has 1 saturated carbocycles. The number of hydrogen-bond acceptors (Lipinski definition) is 5. The average Bonchev–Trinajstić information content (AvgIpc) is 3.45. The number of nitrogens with zero attached hydrogens (tertiary/aromatic N) is 4. The third-order valence-corrected chi connectivity index (χ3v) is 5.94. The minimum atomic E-state index is -0.650. The molecule has 0 unspecified atom stereocenters. The molecule has 36 heavy (non-hydrogen) atoms. The van der Waals surface area contributed by atoms with Crippen LogP contribution in [0.25, 0.3) is 11.3 Å². The van der Waals surface area contributed by atoms with Crippen LogP contribution < -0.4 is 11.1 Å². The Labute approximate surface area is 213 Å². The van der Waals surface area contributed by atoms with Crippen LogP contribution in [-0.2, 0) is 11.2 Å². The van der Waals surface area contributed by atoms with Gasteiger partial charge in [-0.3, -0.25) is 9.59 Å². The Balaban J connectivity index is 0.000000212. The molecule has 0 atom stereocenters. The van der Waals surface area contributed by atoms with Gasteiger partial charge in [-0.25, -0.2) is 4.39 Å². The Bertz CT molecular complexity index is 1310. The maximum absolute atomic E-state index is 12.6.